The lowest BCUT2D eigenvalue weighted by molar-refractivity contribution is -0.0322. The van der Waals surface area contributed by atoms with Crippen LogP contribution in [0.1, 0.15) is 12.8 Å². The third-order valence-electron chi connectivity index (χ3n) is 2.83. The summed E-state index contributed by atoms with van der Waals surface area (Å²) in [5, 5.41) is 3.26. The Labute approximate surface area is 67.7 Å². The smallest absolute Gasteiger partial charge is 0.0974 e. The first-order chi connectivity index (χ1) is 5.31. The number of hydrogen-bond acceptors (Lipinski definition) is 3. The molecule has 0 saturated carbocycles. The van der Waals surface area contributed by atoms with Gasteiger partial charge in [-0.05, 0) is 19.9 Å². The van der Waals surface area contributed by atoms with Gasteiger partial charge >= 0.3 is 0 Å². The molecular formula is C8H16N2O. The molecule has 0 amide bonds. The maximum atomic E-state index is 5.69. The highest BCUT2D eigenvalue weighted by Crippen LogP contribution is 2.27. The summed E-state index contributed by atoms with van der Waals surface area (Å²) in [4.78, 5) is 2.37. The van der Waals surface area contributed by atoms with Gasteiger partial charge < -0.3 is 9.64 Å². The normalized spacial score (nSPS) is 31.4. The lowest BCUT2D eigenvalue weighted by Gasteiger charge is -2.36. The van der Waals surface area contributed by atoms with Crippen LogP contribution in [0.3, 0.4) is 0 Å². The number of rotatable bonds is 0. The van der Waals surface area contributed by atoms with Gasteiger partial charge in [-0.1, -0.05) is 0 Å². The fraction of sp³-hybridized carbons (Fsp3) is 1.00. The molecule has 0 aromatic rings. The molecule has 0 bridgehead atoms. The predicted molar refractivity (Wildman–Crippen MR) is 43.4 cm³/mol. The van der Waals surface area contributed by atoms with Gasteiger partial charge in [0.1, 0.15) is 0 Å². The molecule has 2 aliphatic rings. The zero-order valence-electron chi connectivity index (χ0n) is 7.10. The molecule has 2 fully saturated rings. The van der Waals surface area contributed by atoms with Gasteiger partial charge in [-0.3, -0.25) is 5.32 Å². The molecule has 0 aromatic heterocycles. The third-order valence-corrected chi connectivity index (χ3v) is 2.83. The van der Waals surface area contributed by atoms with Crippen molar-refractivity contribution in [3.05, 3.63) is 0 Å². The van der Waals surface area contributed by atoms with Gasteiger partial charge in [0.2, 0.25) is 0 Å². The van der Waals surface area contributed by atoms with Crippen LogP contribution in [0.2, 0.25) is 0 Å². The second-order valence-electron chi connectivity index (χ2n) is 3.70. The van der Waals surface area contributed by atoms with E-state index in [1.165, 1.54) is 25.9 Å². The monoisotopic (exact) mass is 156 g/mol. The number of ether oxygens (including phenoxy) is 1. The summed E-state index contributed by atoms with van der Waals surface area (Å²) < 4.78 is 5.69. The van der Waals surface area contributed by atoms with Gasteiger partial charge in [0.05, 0.1) is 12.3 Å². The Morgan fingerprint density at radius 2 is 2.09 bits per heavy atom. The highest BCUT2D eigenvalue weighted by molar-refractivity contribution is 4.91. The van der Waals surface area contributed by atoms with Gasteiger partial charge in [-0.25, -0.2) is 0 Å². The fourth-order valence-electron chi connectivity index (χ4n) is 1.88. The number of nitrogens with one attached hydrogen (secondary N) is 1. The Bertz CT molecular complexity index is 133. The Hall–Kier alpha value is -0.120. The summed E-state index contributed by atoms with van der Waals surface area (Å²) in [5.41, 5.74) is 0.201. The number of piperidine rings is 1. The molecule has 1 N–H and O–H groups in total. The van der Waals surface area contributed by atoms with Crippen LogP contribution in [0.4, 0.5) is 0 Å². The summed E-state index contributed by atoms with van der Waals surface area (Å²) in [6, 6.07) is 0. The lowest BCUT2D eigenvalue weighted by Crippen LogP contribution is -2.45. The standard InChI is InChI=1S/C8H16N2O/c1-10-4-2-8(3-5-10)6-9-7-11-8/h9H,2-7H2,1H3. The molecule has 2 heterocycles. The average molecular weight is 156 g/mol. The molecule has 0 aliphatic carbocycles. The quantitative estimate of drug-likeness (QED) is 0.535. The van der Waals surface area contributed by atoms with Crippen LogP contribution in [-0.2, 0) is 4.74 Å². The first-order valence-electron chi connectivity index (χ1n) is 4.34. The number of likely N-dealkylation sites (tertiary alicyclic amines) is 1. The van der Waals surface area contributed by atoms with Crippen molar-refractivity contribution in [1.82, 2.24) is 10.2 Å². The van der Waals surface area contributed by atoms with Crippen LogP contribution >= 0.6 is 0 Å². The van der Waals surface area contributed by atoms with Crippen molar-refractivity contribution >= 4 is 0 Å². The molecule has 11 heavy (non-hydrogen) atoms. The second kappa shape index (κ2) is 2.73. The van der Waals surface area contributed by atoms with E-state index in [0.717, 1.165) is 13.3 Å². The highest BCUT2D eigenvalue weighted by atomic mass is 16.5. The molecule has 0 atom stereocenters. The molecule has 2 rings (SSSR count). The van der Waals surface area contributed by atoms with Crippen LogP contribution in [0.25, 0.3) is 0 Å². The zero-order valence-corrected chi connectivity index (χ0v) is 7.10. The van der Waals surface area contributed by atoms with Gasteiger partial charge in [-0.15, -0.1) is 0 Å². The van der Waals surface area contributed by atoms with Crippen molar-refractivity contribution in [1.29, 1.82) is 0 Å². The first-order valence-corrected chi connectivity index (χ1v) is 4.34. The SMILES string of the molecule is CN1CCC2(CC1)CNCO2. The summed E-state index contributed by atoms with van der Waals surface area (Å²) in [5.74, 6) is 0. The molecule has 0 aromatic carbocycles. The van der Waals surface area contributed by atoms with E-state index in [2.05, 4.69) is 17.3 Å². The Balaban J connectivity index is 1.94. The molecule has 2 saturated heterocycles. The third kappa shape index (κ3) is 1.41. The lowest BCUT2D eigenvalue weighted by atomic mass is 9.92. The van der Waals surface area contributed by atoms with E-state index in [4.69, 9.17) is 4.74 Å². The summed E-state index contributed by atoms with van der Waals surface area (Å²) >= 11 is 0. The van der Waals surface area contributed by atoms with E-state index in [0.29, 0.717) is 0 Å². The highest BCUT2D eigenvalue weighted by Gasteiger charge is 2.37. The molecule has 3 nitrogen and oxygen atoms in total. The van der Waals surface area contributed by atoms with Crippen molar-refractivity contribution in [2.45, 2.75) is 18.4 Å². The van der Waals surface area contributed by atoms with Crippen molar-refractivity contribution in [3.8, 4) is 0 Å². The topological polar surface area (TPSA) is 24.5 Å². The molecule has 3 heteroatoms. The Morgan fingerprint density at radius 3 is 2.64 bits per heavy atom. The summed E-state index contributed by atoms with van der Waals surface area (Å²) in [6.45, 7) is 4.17. The van der Waals surface area contributed by atoms with E-state index in [-0.39, 0.29) is 5.60 Å². The minimum Gasteiger partial charge on any atom is -0.358 e. The van der Waals surface area contributed by atoms with Crippen LogP contribution in [0.5, 0.6) is 0 Å². The first kappa shape index (κ1) is 7.53. The van der Waals surface area contributed by atoms with Crippen LogP contribution in [0.15, 0.2) is 0 Å². The summed E-state index contributed by atoms with van der Waals surface area (Å²) in [6.07, 6.45) is 2.38. The van der Waals surface area contributed by atoms with Crippen molar-refractivity contribution in [3.63, 3.8) is 0 Å². The second-order valence-corrected chi connectivity index (χ2v) is 3.70. The van der Waals surface area contributed by atoms with E-state index in [9.17, 15) is 0 Å². The van der Waals surface area contributed by atoms with Crippen LogP contribution < -0.4 is 5.32 Å². The average Bonchev–Trinajstić information content (AvgIpc) is 2.45. The molecule has 0 radical (unpaired) electrons. The van der Waals surface area contributed by atoms with E-state index in [1.807, 2.05) is 0 Å². The number of nitrogens with zero attached hydrogens (tertiary/aromatic N) is 1. The largest absolute Gasteiger partial charge is 0.358 e. The van der Waals surface area contributed by atoms with E-state index < -0.39 is 0 Å². The molecule has 1 spiro atoms. The molecule has 0 unspecified atom stereocenters. The van der Waals surface area contributed by atoms with E-state index >= 15 is 0 Å². The van der Waals surface area contributed by atoms with Crippen LogP contribution in [0, 0.1) is 0 Å². The Morgan fingerprint density at radius 1 is 1.36 bits per heavy atom. The van der Waals surface area contributed by atoms with Gasteiger partial charge in [-0.2, -0.15) is 0 Å². The van der Waals surface area contributed by atoms with Crippen molar-refractivity contribution < 1.29 is 4.74 Å². The van der Waals surface area contributed by atoms with Gasteiger partial charge in [0.25, 0.3) is 0 Å². The molecule has 64 valence electrons. The maximum Gasteiger partial charge on any atom is 0.0974 e. The predicted octanol–water partition coefficient (Wildman–Crippen LogP) is 0.0281. The van der Waals surface area contributed by atoms with Crippen molar-refractivity contribution in [2.75, 3.05) is 33.4 Å². The van der Waals surface area contributed by atoms with E-state index in [1.54, 1.807) is 0 Å². The molecular weight excluding hydrogens is 140 g/mol. The summed E-state index contributed by atoms with van der Waals surface area (Å²) in [7, 11) is 2.18. The fourth-order valence-corrected chi connectivity index (χ4v) is 1.88. The maximum absolute atomic E-state index is 5.69. The van der Waals surface area contributed by atoms with Crippen LogP contribution in [-0.4, -0.2) is 43.9 Å². The minimum atomic E-state index is 0.201. The Kier molecular flexibility index (Phi) is 1.87. The minimum absolute atomic E-state index is 0.201. The number of hydrogen-bond donors (Lipinski definition) is 1. The van der Waals surface area contributed by atoms with Gasteiger partial charge in [0, 0.05) is 19.6 Å². The van der Waals surface area contributed by atoms with Crippen molar-refractivity contribution in [2.24, 2.45) is 0 Å². The zero-order chi connectivity index (χ0) is 7.73. The molecule has 2 aliphatic heterocycles. The van der Waals surface area contributed by atoms with Gasteiger partial charge in [0.15, 0.2) is 0 Å².